The summed E-state index contributed by atoms with van der Waals surface area (Å²) in [5.41, 5.74) is 7.39. The van der Waals surface area contributed by atoms with Gasteiger partial charge in [0.25, 0.3) is 5.69 Å². The zero-order chi connectivity index (χ0) is 25.1. The van der Waals surface area contributed by atoms with Crippen LogP contribution in [0.1, 0.15) is 11.1 Å². The fraction of sp³-hybridized carbons (Fsp3) is 0.0333. The van der Waals surface area contributed by atoms with Crippen LogP contribution in [-0.4, -0.2) is 15.7 Å². The Balaban J connectivity index is 1.76. The third kappa shape index (κ3) is 4.69. The van der Waals surface area contributed by atoms with Gasteiger partial charge in [-0.3, -0.25) is 15.1 Å². The molecule has 0 bridgehead atoms. The first-order valence-electron chi connectivity index (χ1n) is 11.4. The SMILES string of the molecule is Cc1ccc(-n2c(-c3ccccc3)cc(C=Nc3cc([N+](=O)[O-])ccc3Cl)c2-c2ccccc2)cc1. The molecular formula is C30H22ClN3O2. The van der Waals surface area contributed by atoms with E-state index >= 15 is 0 Å². The van der Waals surface area contributed by atoms with E-state index in [1.165, 1.54) is 23.8 Å². The lowest BCUT2D eigenvalue weighted by Gasteiger charge is -2.15. The molecule has 176 valence electrons. The molecule has 0 unspecified atom stereocenters. The highest BCUT2D eigenvalue weighted by Crippen LogP contribution is 2.36. The Labute approximate surface area is 214 Å². The Morgan fingerprint density at radius 2 is 1.47 bits per heavy atom. The van der Waals surface area contributed by atoms with Crippen LogP contribution in [0.25, 0.3) is 28.2 Å². The summed E-state index contributed by atoms with van der Waals surface area (Å²) in [7, 11) is 0. The molecule has 0 fully saturated rings. The quantitative estimate of drug-likeness (QED) is 0.136. The highest BCUT2D eigenvalue weighted by Gasteiger charge is 2.19. The first-order valence-corrected chi connectivity index (χ1v) is 11.8. The topological polar surface area (TPSA) is 60.4 Å². The second-order valence-electron chi connectivity index (χ2n) is 8.39. The van der Waals surface area contributed by atoms with Crippen molar-refractivity contribution in [1.29, 1.82) is 0 Å². The number of aryl methyl sites for hydroxylation is 1. The smallest absolute Gasteiger partial charge is 0.271 e. The molecule has 0 amide bonds. The lowest BCUT2D eigenvalue weighted by Crippen LogP contribution is -2.00. The van der Waals surface area contributed by atoms with Crippen molar-refractivity contribution < 1.29 is 4.92 Å². The Hall–Kier alpha value is -4.48. The lowest BCUT2D eigenvalue weighted by molar-refractivity contribution is -0.384. The number of rotatable bonds is 6. The first-order chi connectivity index (χ1) is 17.5. The van der Waals surface area contributed by atoms with Gasteiger partial charge in [-0.15, -0.1) is 0 Å². The second-order valence-corrected chi connectivity index (χ2v) is 8.79. The Bertz CT molecular complexity index is 1560. The Kier molecular flexibility index (Phi) is 6.48. The van der Waals surface area contributed by atoms with Gasteiger partial charge in [0, 0.05) is 29.6 Å². The van der Waals surface area contributed by atoms with E-state index in [1.54, 1.807) is 6.21 Å². The third-order valence-electron chi connectivity index (χ3n) is 5.92. The number of nitro benzene ring substituents is 1. The third-order valence-corrected chi connectivity index (χ3v) is 6.24. The second kappa shape index (κ2) is 10.0. The highest BCUT2D eigenvalue weighted by molar-refractivity contribution is 6.33. The maximum absolute atomic E-state index is 11.3. The lowest BCUT2D eigenvalue weighted by atomic mass is 10.1. The molecule has 0 spiro atoms. The van der Waals surface area contributed by atoms with E-state index in [-0.39, 0.29) is 5.69 Å². The fourth-order valence-electron chi connectivity index (χ4n) is 4.16. The zero-order valence-electron chi connectivity index (χ0n) is 19.5. The molecule has 4 aromatic carbocycles. The molecule has 5 rings (SSSR count). The van der Waals surface area contributed by atoms with Crippen molar-refractivity contribution in [2.75, 3.05) is 0 Å². The average Bonchev–Trinajstić information content (AvgIpc) is 3.29. The molecule has 5 nitrogen and oxygen atoms in total. The standard InChI is InChI=1S/C30H22ClN3O2/c1-21-12-14-25(15-13-21)33-29(22-8-4-2-5-9-22)18-24(30(33)23-10-6-3-7-11-23)20-32-28-19-26(34(35)36)16-17-27(28)31/h2-20H,1H3. The predicted molar refractivity (Wildman–Crippen MR) is 147 cm³/mol. The average molecular weight is 492 g/mol. The van der Waals surface area contributed by atoms with Crippen LogP contribution in [0.4, 0.5) is 11.4 Å². The predicted octanol–water partition coefficient (Wildman–Crippen LogP) is 8.43. The van der Waals surface area contributed by atoms with Crippen LogP contribution in [0, 0.1) is 17.0 Å². The van der Waals surface area contributed by atoms with Crippen molar-refractivity contribution in [2.24, 2.45) is 4.99 Å². The monoisotopic (exact) mass is 491 g/mol. The highest BCUT2D eigenvalue weighted by atomic mass is 35.5. The molecule has 0 radical (unpaired) electrons. The van der Waals surface area contributed by atoms with Gasteiger partial charge in [-0.2, -0.15) is 0 Å². The normalized spacial score (nSPS) is 11.2. The first kappa shape index (κ1) is 23.3. The number of non-ortho nitro benzene ring substituents is 1. The van der Waals surface area contributed by atoms with Gasteiger partial charge in [0.15, 0.2) is 0 Å². The van der Waals surface area contributed by atoms with Crippen LogP contribution in [0.15, 0.2) is 114 Å². The summed E-state index contributed by atoms with van der Waals surface area (Å²) in [6.45, 7) is 2.07. The van der Waals surface area contributed by atoms with Crippen LogP contribution in [0.2, 0.25) is 5.02 Å². The largest absolute Gasteiger partial charge is 0.309 e. The van der Waals surface area contributed by atoms with Gasteiger partial charge in [-0.25, -0.2) is 0 Å². The fourth-order valence-corrected chi connectivity index (χ4v) is 4.32. The van der Waals surface area contributed by atoms with Crippen molar-refractivity contribution >= 4 is 29.2 Å². The minimum atomic E-state index is -0.452. The molecule has 36 heavy (non-hydrogen) atoms. The van der Waals surface area contributed by atoms with Crippen molar-refractivity contribution in [3.05, 3.63) is 135 Å². The number of halogens is 1. The molecule has 1 aromatic heterocycles. The van der Waals surface area contributed by atoms with E-state index in [0.717, 1.165) is 33.8 Å². The number of aliphatic imine (C=N–C) groups is 1. The van der Waals surface area contributed by atoms with Gasteiger partial charge >= 0.3 is 0 Å². The van der Waals surface area contributed by atoms with Gasteiger partial charge in [-0.05, 0) is 42.3 Å². The summed E-state index contributed by atoms with van der Waals surface area (Å²) in [4.78, 5) is 15.4. The minimum Gasteiger partial charge on any atom is -0.309 e. The van der Waals surface area contributed by atoms with Crippen molar-refractivity contribution in [3.8, 4) is 28.2 Å². The van der Waals surface area contributed by atoms with E-state index in [9.17, 15) is 10.1 Å². The Morgan fingerprint density at radius 3 is 2.11 bits per heavy atom. The number of hydrogen-bond donors (Lipinski definition) is 0. The summed E-state index contributed by atoms with van der Waals surface area (Å²) in [5, 5.41) is 11.6. The molecule has 0 aliphatic rings. The molecule has 0 saturated carbocycles. The summed E-state index contributed by atoms with van der Waals surface area (Å²) in [6.07, 6.45) is 1.73. The molecule has 0 aliphatic heterocycles. The molecule has 0 saturated heterocycles. The maximum atomic E-state index is 11.3. The summed E-state index contributed by atoms with van der Waals surface area (Å²) >= 11 is 6.33. The van der Waals surface area contributed by atoms with E-state index < -0.39 is 4.92 Å². The number of nitro groups is 1. The number of aromatic nitrogens is 1. The minimum absolute atomic E-state index is 0.0583. The number of benzene rings is 4. The van der Waals surface area contributed by atoms with E-state index in [0.29, 0.717) is 10.7 Å². The van der Waals surface area contributed by atoms with Crippen molar-refractivity contribution in [1.82, 2.24) is 4.57 Å². The molecule has 0 aliphatic carbocycles. The van der Waals surface area contributed by atoms with E-state index in [4.69, 9.17) is 11.6 Å². The van der Waals surface area contributed by atoms with E-state index in [2.05, 4.69) is 71.1 Å². The molecule has 0 atom stereocenters. The summed E-state index contributed by atoms with van der Waals surface area (Å²) in [6, 6.07) is 35.0. The molecular weight excluding hydrogens is 470 g/mol. The van der Waals surface area contributed by atoms with E-state index in [1.807, 2.05) is 36.4 Å². The maximum Gasteiger partial charge on any atom is 0.271 e. The van der Waals surface area contributed by atoms with Gasteiger partial charge < -0.3 is 4.57 Å². The number of hydrogen-bond acceptors (Lipinski definition) is 3. The molecule has 1 heterocycles. The molecule has 0 N–H and O–H groups in total. The van der Waals surface area contributed by atoms with Crippen molar-refractivity contribution in [2.45, 2.75) is 6.92 Å². The van der Waals surface area contributed by atoms with Gasteiger partial charge in [-0.1, -0.05) is 90.0 Å². The van der Waals surface area contributed by atoms with Crippen LogP contribution in [0.3, 0.4) is 0 Å². The van der Waals surface area contributed by atoms with Gasteiger partial charge in [0.1, 0.15) is 0 Å². The molecule has 5 aromatic rings. The molecule has 6 heteroatoms. The van der Waals surface area contributed by atoms with Crippen molar-refractivity contribution in [3.63, 3.8) is 0 Å². The van der Waals surface area contributed by atoms with Crippen LogP contribution in [-0.2, 0) is 0 Å². The van der Waals surface area contributed by atoms with Gasteiger partial charge in [0.2, 0.25) is 0 Å². The van der Waals surface area contributed by atoms with Gasteiger partial charge in [0.05, 0.1) is 27.0 Å². The Morgan fingerprint density at radius 1 is 0.833 bits per heavy atom. The van der Waals surface area contributed by atoms with Crippen LogP contribution >= 0.6 is 11.6 Å². The van der Waals surface area contributed by atoms with Crippen LogP contribution in [0.5, 0.6) is 0 Å². The zero-order valence-corrected chi connectivity index (χ0v) is 20.3. The summed E-state index contributed by atoms with van der Waals surface area (Å²) in [5.74, 6) is 0. The summed E-state index contributed by atoms with van der Waals surface area (Å²) < 4.78 is 2.22. The number of nitrogens with zero attached hydrogens (tertiary/aromatic N) is 3. The van der Waals surface area contributed by atoms with Crippen LogP contribution < -0.4 is 0 Å².